The maximum atomic E-state index is 11.9. The number of carbonyl (C=O) groups excluding carboxylic acids is 3. The van der Waals surface area contributed by atoms with Gasteiger partial charge in [-0.25, -0.2) is 0 Å². The number of hydrogen-bond acceptors (Lipinski definition) is 5. The van der Waals surface area contributed by atoms with Crippen LogP contribution < -0.4 is 5.32 Å². The first kappa shape index (κ1) is 17.3. The number of nitrogens with zero attached hydrogens (tertiary/aromatic N) is 3. The fourth-order valence-corrected chi connectivity index (χ4v) is 3.87. The molecule has 8 heteroatoms. The van der Waals surface area contributed by atoms with E-state index in [4.69, 9.17) is 0 Å². The van der Waals surface area contributed by atoms with Gasteiger partial charge in [-0.1, -0.05) is 6.07 Å². The molecule has 1 aliphatic rings. The number of carbonyl (C=O) groups is 3. The fraction of sp³-hybridized carbons (Fsp3) is 0.412. The topological polar surface area (TPSA) is 84.3 Å². The Hall–Kier alpha value is -2.48. The van der Waals surface area contributed by atoms with Crippen LogP contribution in [0, 0.1) is 13.8 Å². The van der Waals surface area contributed by atoms with Gasteiger partial charge < -0.3 is 5.32 Å². The van der Waals surface area contributed by atoms with Gasteiger partial charge in [-0.2, -0.15) is 5.10 Å². The highest BCUT2D eigenvalue weighted by atomic mass is 32.1. The molecule has 0 unspecified atom stereocenters. The van der Waals surface area contributed by atoms with Crippen molar-refractivity contribution in [3.8, 4) is 10.4 Å². The molecule has 0 aromatic carbocycles. The Labute approximate surface area is 149 Å². The first-order chi connectivity index (χ1) is 12.0. The van der Waals surface area contributed by atoms with E-state index in [2.05, 4.69) is 16.5 Å². The molecule has 25 heavy (non-hydrogen) atoms. The molecule has 3 heterocycles. The minimum absolute atomic E-state index is 0.198. The second-order valence-corrected chi connectivity index (χ2v) is 6.92. The van der Waals surface area contributed by atoms with Crippen LogP contribution in [0.2, 0.25) is 0 Å². The van der Waals surface area contributed by atoms with E-state index >= 15 is 0 Å². The van der Waals surface area contributed by atoms with E-state index in [1.807, 2.05) is 30.0 Å². The van der Waals surface area contributed by atoms with Gasteiger partial charge in [0, 0.05) is 35.5 Å². The Morgan fingerprint density at radius 2 is 2.00 bits per heavy atom. The van der Waals surface area contributed by atoms with Crippen molar-refractivity contribution < 1.29 is 14.4 Å². The monoisotopic (exact) mass is 360 g/mol. The molecule has 0 atom stereocenters. The zero-order valence-electron chi connectivity index (χ0n) is 14.2. The Bertz CT molecular complexity index is 794. The number of likely N-dealkylation sites (tertiary alicyclic amines) is 1. The number of aryl methyl sites for hydroxylation is 1. The van der Waals surface area contributed by atoms with Gasteiger partial charge in [0.25, 0.3) is 0 Å². The normalized spacial score (nSPS) is 14.4. The average Bonchev–Trinajstić information content (AvgIpc) is 3.25. The number of imide groups is 1. The highest BCUT2D eigenvalue weighted by Gasteiger charge is 2.30. The van der Waals surface area contributed by atoms with Crippen molar-refractivity contribution in [2.24, 2.45) is 0 Å². The van der Waals surface area contributed by atoms with Crippen LogP contribution in [0.3, 0.4) is 0 Å². The highest BCUT2D eigenvalue weighted by Crippen LogP contribution is 2.30. The molecule has 132 valence electrons. The maximum absolute atomic E-state index is 11.9. The van der Waals surface area contributed by atoms with Gasteiger partial charge in [-0.15, -0.1) is 11.3 Å². The van der Waals surface area contributed by atoms with E-state index in [0.717, 1.165) is 21.9 Å². The molecule has 1 saturated heterocycles. The van der Waals surface area contributed by atoms with Gasteiger partial charge in [-0.05, 0) is 25.3 Å². The Balaban J connectivity index is 1.56. The van der Waals surface area contributed by atoms with Crippen LogP contribution in [0.25, 0.3) is 10.4 Å². The summed E-state index contributed by atoms with van der Waals surface area (Å²) in [6.07, 6.45) is 0.396. The van der Waals surface area contributed by atoms with E-state index in [1.165, 1.54) is 4.88 Å². The van der Waals surface area contributed by atoms with Crippen molar-refractivity contribution in [2.45, 2.75) is 33.2 Å². The lowest BCUT2D eigenvalue weighted by atomic mass is 10.1. The average molecular weight is 360 g/mol. The molecule has 7 nitrogen and oxygen atoms in total. The van der Waals surface area contributed by atoms with Crippen molar-refractivity contribution in [1.29, 1.82) is 0 Å². The Morgan fingerprint density at radius 3 is 2.64 bits per heavy atom. The molecule has 3 amide bonds. The van der Waals surface area contributed by atoms with Crippen molar-refractivity contribution in [3.05, 3.63) is 28.9 Å². The van der Waals surface area contributed by atoms with Gasteiger partial charge in [0.1, 0.15) is 6.54 Å². The molecular weight excluding hydrogens is 340 g/mol. The summed E-state index contributed by atoms with van der Waals surface area (Å²) in [5.41, 5.74) is 3.15. The van der Waals surface area contributed by atoms with Crippen LogP contribution in [0.15, 0.2) is 17.5 Å². The fourth-order valence-electron chi connectivity index (χ4n) is 2.99. The Kier molecular flexibility index (Phi) is 4.98. The largest absolute Gasteiger partial charge is 0.353 e. The number of rotatable bonds is 6. The van der Waals surface area contributed by atoms with Gasteiger partial charge in [0.05, 0.1) is 12.2 Å². The molecular formula is C17H20N4O3S. The maximum Gasteiger partial charge on any atom is 0.240 e. The van der Waals surface area contributed by atoms with Gasteiger partial charge in [0.2, 0.25) is 17.7 Å². The molecule has 3 rings (SSSR count). The van der Waals surface area contributed by atoms with Gasteiger partial charge in [0.15, 0.2) is 0 Å². The third-order valence-electron chi connectivity index (χ3n) is 4.25. The molecule has 1 aliphatic heterocycles. The zero-order chi connectivity index (χ0) is 18.0. The van der Waals surface area contributed by atoms with Gasteiger partial charge in [-0.3, -0.25) is 24.0 Å². The first-order valence-electron chi connectivity index (χ1n) is 8.15. The highest BCUT2D eigenvalue weighted by molar-refractivity contribution is 7.13. The lowest BCUT2D eigenvalue weighted by molar-refractivity contribution is -0.142. The molecule has 2 aromatic heterocycles. The van der Waals surface area contributed by atoms with E-state index in [1.54, 1.807) is 11.3 Å². The lowest BCUT2D eigenvalue weighted by Gasteiger charge is -2.13. The molecule has 2 aromatic rings. The van der Waals surface area contributed by atoms with Crippen LogP contribution in [0.1, 0.15) is 24.2 Å². The minimum atomic E-state index is -0.330. The lowest BCUT2D eigenvalue weighted by Crippen LogP contribution is -2.40. The molecule has 0 spiro atoms. The minimum Gasteiger partial charge on any atom is -0.353 e. The van der Waals surface area contributed by atoms with Crippen molar-refractivity contribution >= 4 is 29.1 Å². The van der Waals surface area contributed by atoms with E-state index < -0.39 is 0 Å². The van der Waals surface area contributed by atoms with Crippen LogP contribution in [-0.4, -0.2) is 45.5 Å². The van der Waals surface area contributed by atoms with Crippen LogP contribution in [0.4, 0.5) is 0 Å². The van der Waals surface area contributed by atoms with Crippen molar-refractivity contribution in [3.63, 3.8) is 0 Å². The molecule has 0 saturated carbocycles. The number of thiophene rings is 1. The SMILES string of the molecule is Cc1nn(CCNC(=O)CN2C(=O)CCC2=O)c(C)c1-c1cccs1. The summed E-state index contributed by atoms with van der Waals surface area (Å²) < 4.78 is 1.87. The van der Waals surface area contributed by atoms with Crippen LogP contribution in [0.5, 0.6) is 0 Å². The number of nitrogens with one attached hydrogen (secondary N) is 1. The van der Waals surface area contributed by atoms with E-state index in [9.17, 15) is 14.4 Å². The van der Waals surface area contributed by atoms with Gasteiger partial charge >= 0.3 is 0 Å². The third-order valence-corrected chi connectivity index (χ3v) is 5.14. The van der Waals surface area contributed by atoms with Crippen molar-refractivity contribution in [2.75, 3.05) is 13.1 Å². The number of aromatic nitrogens is 2. The van der Waals surface area contributed by atoms with E-state index in [-0.39, 0.29) is 37.1 Å². The number of amides is 3. The number of hydrogen-bond donors (Lipinski definition) is 1. The summed E-state index contributed by atoms with van der Waals surface area (Å²) in [6.45, 7) is 4.71. The summed E-state index contributed by atoms with van der Waals surface area (Å²) in [7, 11) is 0. The summed E-state index contributed by atoms with van der Waals surface area (Å²) >= 11 is 1.67. The molecule has 1 fully saturated rings. The summed E-state index contributed by atoms with van der Waals surface area (Å²) in [4.78, 5) is 37.2. The van der Waals surface area contributed by atoms with Crippen molar-refractivity contribution in [1.82, 2.24) is 20.0 Å². The first-order valence-corrected chi connectivity index (χ1v) is 9.03. The standard InChI is InChI=1S/C17H20N4O3S/c1-11-17(13-4-3-9-25-13)12(2)21(19-11)8-7-18-14(22)10-20-15(23)5-6-16(20)24/h3-4,9H,5-8,10H2,1-2H3,(H,18,22). The van der Waals surface area contributed by atoms with Crippen LogP contribution in [-0.2, 0) is 20.9 Å². The molecule has 1 N–H and O–H groups in total. The second-order valence-electron chi connectivity index (χ2n) is 5.97. The van der Waals surface area contributed by atoms with Crippen LogP contribution >= 0.6 is 11.3 Å². The smallest absolute Gasteiger partial charge is 0.240 e. The van der Waals surface area contributed by atoms with E-state index in [0.29, 0.717) is 13.1 Å². The molecule has 0 bridgehead atoms. The zero-order valence-corrected chi connectivity index (χ0v) is 15.1. The molecule has 0 aliphatic carbocycles. The Morgan fingerprint density at radius 1 is 1.28 bits per heavy atom. The predicted octanol–water partition coefficient (Wildman–Crippen LogP) is 1.49. The third kappa shape index (κ3) is 3.63. The summed E-state index contributed by atoms with van der Waals surface area (Å²) in [5, 5.41) is 9.32. The quantitative estimate of drug-likeness (QED) is 0.791. The molecule has 0 radical (unpaired) electrons. The predicted molar refractivity (Wildman–Crippen MR) is 94.0 cm³/mol. The second kappa shape index (κ2) is 7.18. The summed E-state index contributed by atoms with van der Waals surface area (Å²) in [5.74, 6) is -0.887. The summed E-state index contributed by atoms with van der Waals surface area (Å²) in [6, 6.07) is 4.08.